The molecule has 1 amide bonds. The van der Waals surface area contributed by atoms with Crippen molar-refractivity contribution in [1.29, 1.82) is 0 Å². The van der Waals surface area contributed by atoms with Crippen LogP contribution in [0.1, 0.15) is 30.1 Å². The number of aromatic nitrogens is 7. The van der Waals surface area contributed by atoms with E-state index in [1.54, 1.807) is 4.68 Å². The summed E-state index contributed by atoms with van der Waals surface area (Å²) in [6, 6.07) is 4.37. The number of H-pyrrole nitrogens is 1. The maximum absolute atomic E-state index is 12.0. The molecule has 1 spiro atoms. The van der Waals surface area contributed by atoms with Gasteiger partial charge in [-0.3, -0.25) is 19.3 Å². The molecule has 1 aromatic carbocycles. The Balaban J connectivity index is 1.36. The Hall–Kier alpha value is -3.98. The van der Waals surface area contributed by atoms with Crippen LogP contribution in [-0.2, 0) is 11.8 Å². The summed E-state index contributed by atoms with van der Waals surface area (Å²) in [7, 11) is 1.89. The molecule has 0 unspecified atom stereocenters. The largest absolute Gasteiger partial charge is 0.338 e. The van der Waals surface area contributed by atoms with Gasteiger partial charge in [0.15, 0.2) is 5.65 Å². The average Bonchev–Trinajstić information content (AvgIpc) is 3.56. The van der Waals surface area contributed by atoms with Crippen LogP contribution in [0.15, 0.2) is 43.4 Å². The lowest BCUT2D eigenvalue weighted by atomic mass is 9.60. The van der Waals surface area contributed by atoms with Gasteiger partial charge < -0.3 is 4.90 Å². The van der Waals surface area contributed by atoms with E-state index in [-0.39, 0.29) is 17.4 Å². The van der Waals surface area contributed by atoms with Crippen molar-refractivity contribution in [1.82, 2.24) is 39.6 Å². The molecule has 1 aliphatic carbocycles. The smallest absolute Gasteiger partial charge is 0.245 e. The molecule has 0 atom stereocenters. The fourth-order valence-corrected chi connectivity index (χ4v) is 6.66. The van der Waals surface area contributed by atoms with Crippen molar-refractivity contribution in [3.8, 4) is 22.4 Å². The van der Waals surface area contributed by atoms with Gasteiger partial charge in [0.2, 0.25) is 5.91 Å². The van der Waals surface area contributed by atoms with Crippen LogP contribution < -0.4 is 0 Å². The van der Waals surface area contributed by atoms with Gasteiger partial charge in [0, 0.05) is 64.9 Å². The molecule has 1 saturated heterocycles. The lowest BCUT2D eigenvalue weighted by Crippen LogP contribution is -2.63. The molecule has 10 heteroatoms. The third kappa shape index (κ3) is 3.21. The summed E-state index contributed by atoms with van der Waals surface area (Å²) in [6.45, 7) is 9.32. The first kappa shape index (κ1) is 23.2. The van der Waals surface area contributed by atoms with E-state index in [9.17, 15) is 4.79 Å². The fourth-order valence-electron chi connectivity index (χ4n) is 6.41. The molecular weight excluding hydrogens is 500 g/mol. The lowest BCUT2D eigenvalue weighted by molar-refractivity contribution is -0.149. The van der Waals surface area contributed by atoms with Gasteiger partial charge in [-0.25, -0.2) is 4.98 Å². The summed E-state index contributed by atoms with van der Waals surface area (Å²) in [5, 5.41) is 19.6. The predicted octanol–water partition coefficient (Wildman–Crippen LogP) is 4.99. The van der Waals surface area contributed by atoms with Gasteiger partial charge in [-0.2, -0.15) is 15.3 Å². The lowest BCUT2D eigenvalue weighted by Gasteiger charge is -2.58. The van der Waals surface area contributed by atoms with Crippen molar-refractivity contribution in [3.05, 3.63) is 59.7 Å². The number of hydrogen-bond donors (Lipinski definition) is 1. The number of nitrogens with zero attached hydrogens (tertiary/aromatic N) is 7. The zero-order valence-corrected chi connectivity index (χ0v) is 22.2. The number of aryl methyl sites for hydroxylation is 2. The quantitative estimate of drug-likeness (QED) is 0.332. The van der Waals surface area contributed by atoms with Crippen LogP contribution in [0, 0.1) is 19.3 Å². The molecule has 1 saturated carbocycles. The molecule has 7 rings (SSSR count). The van der Waals surface area contributed by atoms with Crippen LogP contribution in [0.2, 0.25) is 5.02 Å². The number of carbonyl (C=O) groups excluding carboxylic acids is 1. The van der Waals surface area contributed by atoms with E-state index < -0.39 is 0 Å². The highest BCUT2D eigenvalue weighted by Gasteiger charge is 2.54. The number of hydrogen-bond acceptors (Lipinski definition) is 5. The molecule has 5 aromatic rings. The number of nitrogens with one attached hydrogen (secondary N) is 1. The van der Waals surface area contributed by atoms with Crippen LogP contribution >= 0.6 is 11.6 Å². The minimum atomic E-state index is 0.00966. The van der Waals surface area contributed by atoms with Gasteiger partial charge in [-0.1, -0.05) is 18.2 Å². The molecule has 0 radical (unpaired) electrons. The summed E-state index contributed by atoms with van der Waals surface area (Å²) < 4.78 is 3.93. The minimum Gasteiger partial charge on any atom is -0.338 e. The summed E-state index contributed by atoms with van der Waals surface area (Å²) in [5.41, 5.74) is 7.64. The van der Waals surface area contributed by atoms with E-state index in [1.165, 1.54) is 6.08 Å². The fraction of sp³-hybridized carbons (Fsp3) is 0.321. The average molecular weight is 527 g/mol. The summed E-state index contributed by atoms with van der Waals surface area (Å²) in [4.78, 5) is 18.5. The Bertz CT molecular complexity index is 1780. The normalized spacial score (nSPS) is 16.8. The predicted molar refractivity (Wildman–Crippen MR) is 147 cm³/mol. The standard InChI is InChI=1S/C28H27ClN8O/c1-5-22(38)36-13-28(14-36)8-19(9-28)37-16(3)23(24-20-12-31-33-21(20)6-15(2)25(24)29)26(34-37)17-7-18-11-32-35(4)27(18)30-10-17/h5-7,10-12,19H,1,8-9,13-14H2,2-4H3,(H,31,33). The topological polar surface area (TPSA) is 97.5 Å². The number of pyridine rings is 1. The number of aromatic amines is 1. The first-order chi connectivity index (χ1) is 18.3. The first-order valence-electron chi connectivity index (χ1n) is 12.7. The number of rotatable bonds is 4. The minimum absolute atomic E-state index is 0.00966. The molecule has 1 N–H and O–H groups in total. The zero-order valence-electron chi connectivity index (χ0n) is 21.5. The molecule has 9 nitrogen and oxygen atoms in total. The Morgan fingerprint density at radius 3 is 2.74 bits per heavy atom. The molecule has 1 aliphatic heterocycles. The van der Waals surface area contributed by atoms with E-state index in [4.69, 9.17) is 21.7 Å². The number of likely N-dealkylation sites (tertiary alicyclic amines) is 1. The van der Waals surface area contributed by atoms with Crippen LogP contribution in [-0.4, -0.2) is 58.6 Å². The SMILES string of the molecule is C=CC(=O)N1CC2(CC(n3nc(-c4cnc5c(cnn5C)c4)c(-c4c(Cl)c(C)cc5[nH]ncc45)c3C)C2)C1. The maximum Gasteiger partial charge on any atom is 0.245 e. The van der Waals surface area contributed by atoms with E-state index in [1.807, 2.05) is 43.5 Å². The third-order valence-electron chi connectivity index (χ3n) is 8.33. The van der Waals surface area contributed by atoms with Crippen molar-refractivity contribution in [2.45, 2.75) is 32.7 Å². The Kier molecular flexibility index (Phi) is 4.88. The van der Waals surface area contributed by atoms with Gasteiger partial charge in [0.05, 0.1) is 29.0 Å². The molecule has 4 aromatic heterocycles. The highest BCUT2D eigenvalue weighted by molar-refractivity contribution is 6.36. The van der Waals surface area contributed by atoms with Crippen molar-refractivity contribution in [3.63, 3.8) is 0 Å². The maximum atomic E-state index is 12.0. The van der Waals surface area contributed by atoms with E-state index >= 15 is 0 Å². The third-order valence-corrected chi connectivity index (χ3v) is 8.82. The van der Waals surface area contributed by atoms with Crippen molar-refractivity contribution >= 4 is 39.4 Å². The van der Waals surface area contributed by atoms with Gasteiger partial charge in [0.1, 0.15) is 5.69 Å². The van der Waals surface area contributed by atoms with Crippen LogP contribution in [0.3, 0.4) is 0 Å². The Morgan fingerprint density at radius 1 is 1.18 bits per heavy atom. The summed E-state index contributed by atoms with van der Waals surface area (Å²) >= 11 is 7.01. The van der Waals surface area contributed by atoms with Gasteiger partial charge in [-0.05, 0) is 50.5 Å². The first-order valence-corrected chi connectivity index (χ1v) is 13.1. The highest BCUT2D eigenvalue weighted by atomic mass is 35.5. The van der Waals surface area contributed by atoms with Gasteiger partial charge in [-0.15, -0.1) is 0 Å². The van der Waals surface area contributed by atoms with E-state index in [0.717, 1.165) is 81.5 Å². The van der Waals surface area contributed by atoms with Crippen LogP contribution in [0.25, 0.3) is 44.3 Å². The molecule has 5 heterocycles. The number of amides is 1. The Labute approximate surface area is 224 Å². The van der Waals surface area contributed by atoms with E-state index in [0.29, 0.717) is 5.02 Å². The molecular formula is C28H27ClN8O. The van der Waals surface area contributed by atoms with E-state index in [2.05, 4.69) is 39.5 Å². The number of halogens is 1. The number of benzene rings is 1. The molecule has 0 bridgehead atoms. The molecule has 2 fully saturated rings. The monoisotopic (exact) mass is 526 g/mol. The summed E-state index contributed by atoms with van der Waals surface area (Å²) in [5.74, 6) is 0.00966. The van der Waals surface area contributed by atoms with Crippen LogP contribution in [0.5, 0.6) is 0 Å². The Morgan fingerprint density at radius 2 is 1.97 bits per heavy atom. The second-order valence-electron chi connectivity index (χ2n) is 10.8. The second kappa shape index (κ2) is 8.01. The van der Waals surface area contributed by atoms with Gasteiger partial charge >= 0.3 is 0 Å². The molecule has 38 heavy (non-hydrogen) atoms. The highest BCUT2D eigenvalue weighted by Crippen LogP contribution is 2.55. The van der Waals surface area contributed by atoms with Crippen molar-refractivity contribution in [2.24, 2.45) is 12.5 Å². The number of carbonyl (C=O) groups is 1. The van der Waals surface area contributed by atoms with Crippen LogP contribution in [0.4, 0.5) is 0 Å². The molecule has 2 aliphatic rings. The summed E-state index contributed by atoms with van der Waals surface area (Å²) in [6.07, 6.45) is 8.88. The molecule has 192 valence electrons. The second-order valence-corrected chi connectivity index (χ2v) is 11.2. The van der Waals surface area contributed by atoms with Gasteiger partial charge in [0.25, 0.3) is 0 Å². The van der Waals surface area contributed by atoms with Crippen molar-refractivity contribution < 1.29 is 4.79 Å². The van der Waals surface area contributed by atoms with Crippen molar-refractivity contribution in [2.75, 3.05) is 13.1 Å². The number of fused-ring (bicyclic) bond motifs is 2. The zero-order chi connectivity index (χ0) is 26.3.